The lowest BCUT2D eigenvalue weighted by molar-refractivity contribution is -0.140. The number of amides is 1. The smallest absolute Gasteiger partial charge is 0.229 e. The molecule has 1 fully saturated rings. The number of aromatic nitrogens is 1. The number of rotatable bonds is 6. The quantitative estimate of drug-likeness (QED) is 0.862. The number of hydrogen-bond donors (Lipinski definition) is 1. The minimum Gasteiger partial charge on any atom is -0.345 e. The summed E-state index contributed by atoms with van der Waals surface area (Å²) in [5, 5.41) is 3.35. The van der Waals surface area contributed by atoms with Gasteiger partial charge in [-0.25, -0.2) is 0 Å². The summed E-state index contributed by atoms with van der Waals surface area (Å²) in [7, 11) is 1.93. The van der Waals surface area contributed by atoms with E-state index in [1.807, 2.05) is 24.1 Å². The lowest BCUT2D eigenvalue weighted by Crippen LogP contribution is -2.44. The van der Waals surface area contributed by atoms with E-state index in [1.54, 1.807) is 12.4 Å². The highest BCUT2D eigenvalue weighted by Crippen LogP contribution is 2.33. The SMILES string of the molecule is CCCC1(C(=O)N(C)CCc2ccncc2)CCNC1. The maximum Gasteiger partial charge on any atom is 0.229 e. The van der Waals surface area contributed by atoms with Crippen molar-refractivity contribution in [3.8, 4) is 0 Å². The molecule has 4 nitrogen and oxygen atoms in total. The lowest BCUT2D eigenvalue weighted by atomic mass is 9.81. The summed E-state index contributed by atoms with van der Waals surface area (Å²) in [5.41, 5.74) is 1.07. The van der Waals surface area contributed by atoms with E-state index in [0.29, 0.717) is 5.91 Å². The number of nitrogens with zero attached hydrogens (tertiary/aromatic N) is 2. The van der Waals surface area contributed by atoms with Gasteiger partial charge < -0.3 is 10.2 Å². The Bertz CT molecular complexity index is 427. The van der Waals surface area contributed by atoms with Crippen molar-refractivity contribution in [1.29, 1.82) is 0 Å². The van der Waals surface area contributed by atoms with Crippen LogP contribution in [0.1, 0.15) is 31.7 Å². The molecular weight excluding hydrogens is 250 g/mol. The third kappa shape index (κ3) is 3.37. The van der Waals surface area contributed by atoms with Crippen molar-refractivity contribution in [2.24, 2.45) is 5.41 Å². The van der Waals surface area contributed by atoms with Crippen LogP contribution in [0.25, 0.3) is 0 Å². The summed E-state index contributed by atoms with van der Waals surface area (Å²) in [6, 6.07) is 4.02. The zero-order valence-corrected chi connectivity index (χ0v) is 12.6. The maximum absolute atomic E-state index is 12.8. The summed E-state index contributed by atoms with van der Waals surface area (Å²) < 4.78 is 0. The molecule has 0 radical (unpaired) electrons. The summed E-state index contributed by atoms with van der Waals surface area (Å²) in [6.07, 6.45) is 7.51. The van der Waals surface area contributed by atoms with E-state index < -0.39 is 0 Å². The van der Waals surface area contributed by atoms with Crippen LogP contribution < -0.4 is 5.32 Å². The van der Waals surface area contributed by atoms with Gasteiger partial charge in [-0.3, -0.25) is 9.78 Å². The molecule has 0 saturated carbocycles. The third-order valence-electron chi connectivity index (χ3n) is 4.26. The number of nitrogens with one attached hydrogen (secondary N) is 1. The average Bonchev–Trinajstić information content (AvgIpc) is 2.95. The van der Waals surface area contributed by atoms with Crippen LogP contribution >= 0.6 is 0 Å². The minimum absolute atomic E-state index is 0.165. The van der Waals surface area contributed by atoms with Gasteiger partial charge in [-0.05, 0) is 43.5 Å². The molecule has 1 amide bonds. The minimum atomic E-state index is -0.165. The Balaban J connectivity index is 1.93. The molecule has 2 heterocycles. The van der Waals surface area contributed by atoms with E-state index in [-0.39, 0.29) is 5.41 Å². The molecule has 2 rings (SSSR count). The van der Waals surface area contributed by atoms with E-state index in [0.717, 1.165) is 45.3 Å². The normalized spacial score (nSPS) is 21.9. The molecule has 20 heavy (non-hydrogen) atoms. The van der Waals surface area contributed by atoms with E-state index in [9.17, 15) is 4.79 Å². The molecule has 0 aromatic carbocycles. The van der Waals surface area contributed by atoms with Gasteiger partial charge in [0.15, 0.2) is 0 Å². The first-order valence-corrected chi connectivity index (χ1v) is 7.53. The van der Waals surface area contributed by atoms with Crippen LogP contribution in [0, 0.1) is 5.41 Å². The van der Waals surface area contributed by atoms with Crippen LogP contribution in [-0.2, 0) is 11.2 Å². The molecule has 0 bridgehead atoms. The van der Waals surface area contributed by atoms with Gasteiger partial charge >= 0.3 is 0 Å². The van der Waals surface area contributed by atoms with Crippen LogP contribution in [0.3, 0.4) is 0 Å². The van der Waals surface area contributed by atoms with Crippen LogP contribution in [0.2, 0.25) is 0 Å². The Kier molecular flexibility index (Phi) is 5.12. The van der Waals surface area contributed by atoms with Crippen LogP contribution in [0.5, 0.6) is 0 Å². The first kappa shape index (κ1) is 15.0. The molecule has 0 aliphatic carbocycles. The topological polar surface area (TPSA) is 45.2 Å². The molecule has 1 N–H and O–H groups in total. The molecule has 1 aromatic rings. The van der Waals surface area contributed by atoms with Crippen LogP contribution in [0.15, 0.2) is 24.5 Å². The van der Waals surface area contributed by atoms with Gasteiger partial charge in [0.2, 0.25) is 5.91 Å². The molecule has 1 saturated heterocycles. The fourth-order valence-corrected chi connectivity index (χ4v) is 3.08. The van der Waals surface area contributed by atoms with Crippen molar-refractivity contribution < 1.29 is 4.79 Å². The second-order valence-corrected chi connectivity index (χ2v) is 5.79. The predicted molar refractivity (Wildman–Crippen MR) is 80.4 cm³/mol. The molecule has 1 unspecified atom stereocenters. The second kappa shape index (κ2) is 6.84. The number of carbonyl (C=O) groups excluding carboxylic acids is 1. The lowest BCUT2D eigenvalue weighted by Gasteiger charge is -2.31. The largest absolute Gasteiger partial charge is 0.345 e. The van der Waals surface area contributed by atoms with Gasteiger partial charge in [-0.1, -0.05) is 13.3 Å². The van der Waals surface area contributed by atoms with Crippen molar-refractivity contribution in [2.45, 2.75) is 32.6 Å². The second-order valence-electron chi connectivity index (χ2n) is 5.79. The zero-order valence-electron chi connectivity index (χ0n) is 12.6. The van der Waals surface area contributed by atoms with Gasteiger partial charge in [0, 0.05) is 32.5 Å². The molecule has 1 aromatic heterocycles. The third-order valence-corrected chi connectivity index (χ3v) is 4.26. The first-order valence-electron chi connectivity index (χ1n) is 7.53. The fourth-order valence-electron chi connectivity index (χ4n) is 3.08. The summed E-state index contributed by atoms with van der Waals surface area (Å²) in [4.78, 5) is 18.7. The summed E-state index contributed by atoms with van der Waals surface area (Å²) >= 11 is 0. The summed E-state index contributed by atoms with van der Waals surface area (Å²) in [6.45, 7) is 4.72. The number of carbonyl (C=O) groups is 1. The average molecular weight is 275 g/mol. The van der Waals surface area contributed by atoms with Gasteiger partial charge in [-0.2, -0.15) is 0 Å². The van der Waals surface area contributed by atoms with Crippen LogP contribution in [0.4, 0.5) is 0 Å². The van der Waals surface area contributed by atoms with E-state index in [1.165, 1.54) is 5.56 Å². The fraction of sp³-hybridized carbons (Fsp3) is 0.625. The van der Waals surface area contributed by atoms with E-state index >= 15 is 0 Å². The maximum atomic E-state index is 12.8. The van der Waals surface area contributed by atoms with Crippen molar-refractivity contribution in [3.05, 3.63) is 30.1 Å². The van der Waals surface area contributed by atoms with Crippen molar-refractivity contribution in [2.75, 3.05) is 26.7 Å². The van der Waals surface area contributed by atoms with Gasteiger partial charge in [0.25, 0.3) is 0 Å². The van der Waals surface area contributed by atoms with Crippen molar-refractivity contribution in [3.63, 3.8) is 0 Å². The van der Waals surface area contributed by atoms with Gasteiger partial charge in [0.05, 0.1) is 5.41 Å². The van der Waals surface area contributed by atoms with Crippen LogP contribution in [-0.4, -0.2) is 42.5 Å². The Morgan fingerprint density at radius 2 is 2.20 bits per heavy atom. The molecule has 1 aliphatic heterocycles. The number of pyridine rings is 1. The molecule has 110 valence electrons. The highest BCUT2D eigenvalue weighted by molar-refractivity contribution is 5.83. The monoisotopic (exact) mass is 275 g/mol. The molecule has 0 spiro atoms. The molecule has 1 aliphatic rings. The summed E-state index contributed by atoms with van der Waals surface area (Å²) in [5.74, 6) is 0.304. The Morgan fingerprint density at radius 1 is 1.45 bits per heavy atom. The Labute approximate surface area is 121 Å². The van der Waals surface area contributed by atoms with Crippen molar-refractivity contribution >= 4 is 5.91 Å². The molecule has 1 atom stereocenters. The Hall–Kier alpha value is -1.42. The van der Waals surface area contributed by atoms with Gasteiger partial charge in [0.1, 0.15) is 0 Å². The van der Waals surface area contributed by atoms with E-state index in [4.69, 9.17) is 0 Å². The number of likely N-dealkylation sites (N-methyl/N-ethyl adjacent to an activating group) is 1. The standard InChI is InChI=1S/C16H25N3O/c1-3-7-16(8-11-18-13-16)15(20)19(2)12-6-14-4-9-17-10-5-14/h4-5,9-10,18H,3,6-8,11-13H2,1-2H3. The first-order chi connectivity index (χ1) is 9.68. The number of hydrogen-bond acceptors (Lipinski definition) is 3. The Morgan fingerprint density at radius 3 is 2.80 bits per heavy atom. The molecular formula is C16H25N3O. The predicted octanol–water partition coefficient (Wildman–Crippen LogP) is 1.86. The highest BCUT2D eigenvalue weighted by atomic mass is 16.2. The highest BCUT2D eigenvalue weighted by Gasteiger charge is 2.41. The van der Waals surface area contributed by atoms with E-state index in [2.05, 4.69) is 17.2 Å². The zero-order chi connectivity index (χ0) is 14.4. The molecule has 4 heteroatoms. The van der Waals surface area contributed by atoms with Crippen molar-refractivity contribution in [1.82, 2.24) is 15.2 Å². The van der Waals surface area contributed by atoms with Gasteiger partial charge in [-0.15, -0.1) is 0 Å².